The largest absolute Gasteiger partial charge is 0.317 e. The fourth-order valence-electron chi connectivity index (χ4n) is 0.685. The number of nitrogens with one attached hydrogen (secondary N) is 1. The molecule has 0 radical (unpaired) electrons. The maximum absolute atomic E-state index is 8.19. The first-order valence-electron chi connectivity index (χ1n) is 7.47. The first kappa shape index (κ1) is 2.07. The third kappa shape index (κ3) is 1.40. The van der Waals surface area contributed by atoms with Gasteiger partial charge in [0.1, 0.15) is 0 Å². The second kappa shape index (κ2) is 3.00. The predicted octanol–water partition coefficient (Wildman–Crippen LogP) is 0.203. The van der Waals surface area contributed by atoms with Gasteiger partial charge < -0.3 is 5.32 Å². The lowest BCUT2D eigenvalue weighted by atomic mass is 10.1. The van der Waals surface area contributed by atoms with Crippen molar-refractivity contribution < 1.29 is 12.3 Å². The fourth-order valence-corrected chi connectivity index (χ4v) is 0.685. The van der Waals surface area contributed by atoms with Crippen molar-refractivity contribution >= 4 is 0 Å². The van der Waals surface area contributed by atoms with E-state index in [0.717, 1.165) is 12.4 Å². The SMILES string of the molecule is [2H]C1([2H])NC([2H])([2H])C([2H])([2H])C([2H])(n2ccnn2)C1([2H])[2H]. The van der Waals surface area contributed by atoms with E-state index in [2.05, 4.69) is 10.3 Å². The lowest BCUT2D eigenvalue weighted by molar-refractivity contribution is 0.337. The first-order valence-corrected chi connectivity index (χ1v) is 2.97. The van der Waals surface area contributed by atoms with Crippen LogP contribution in [0.4, 0.5) is 0 Å². The van der Waals surface area contributed by atoms with Crippen LogP contribution in [0.1, 0.15) is 31.1 Å². The molecule has 0 spiro atoms. The van der Waals surface area contributed by atoms with Crippen LogP contribution in [-0.4, -0.2) is 28.0 Å². The zero-order valence-electron chi connectivity index (χ0n) is 14.5. The standard InChI is InChI=1S/C7H12N4/c1-3-8-4-2-7(1)11-6-5-9-10-11/h5-8H,1-4H2/i1D2,2D2,3D2,4D2,7D. The van der Waals surface area contributed by atoms with Crippen molar-refractivity contribution in [3.63, 3.8) is 0 Å². The van der Waals surface area contributed by atoms with E-state index >= 15 is 0 Å². The van der Waals surface area contributed by atoms with E-state index < -0.39 is 31.8 Å². The Bertz CT molecular complexity index is 484. The van der Waals surface area contributed by atoms with Gasteiger partial charge in [-0.25, -0.2) is 4.68 Å². The number of hydrogen-bond acceptors (Lipinski definition) is 3. The molecule has 2 rings (SSSR count). The maximum Gasteiger partial charge on any atom is 0.0693 e. The summed E-state index contributed by atoms with van der Waals surface area (Å²) in [6.07, 6.45) is -4.17. The molecule has 1 fully saturated rings. The van der Waals surface area contributed by atoms with Crippen LogP contribution in [0, 0.1) is 0 Å². The van der Waals surface area contributed by atoms with Gasteiger partial charge in [0.25, 0.3) is 0 Å². The Labute approximate surface area is 78.2 Å². The summed E-state index contributed by atoms with van der Waals surface area (Å²) < 4.78 is 70.5. The Morgan fingerprint density at radius 2 is 2.45 bits per heavy atom. The Morgan fingerprint density at radius 3 is 3.09 bits per heavy atom. The van der Waals surface area contributed by atoms with E-state index in [-0.39, 0.29) is 0 Å². The molecule has 0 bridgehead atoms. The molecule has 4 heteroatoms. The molecule has 1 saturated heterocycles. The van der Waals surface area contributed by atoms with Gasteiger partial charge in [0.05, 0.1) is 13.6 Å². The maximum atomic E-state index is 8.19. The third-order valence-corrected chi connectivity index (χ3v) is 1.14. The zero-order chi connectivity index (χ0) is 15.6. The molecule has 0 aliphatic carbocycles. The van der Waals surface area contributed by atoms with E-state index in [1.807, 2.05) is 0 Å². The average molecular weight is 161 g/mol. The summed E-state index contributed by atoms with van der Waals surface area (Å²) in [6, 6.07) is -2.99. The van der Waals surface area contributed by atoms with Crippen LogP contribution in [-0.2, 0) is 0 Å². The lowest BCUT2D eigenvalue weighted by Gasteiger charge is -2.21. The van der Waals surface area contributed by atoms with Crippen molar-refractivity contribution in [2.45, 2.75) is 18.8 Å². The smallest absolute Gasteiger partial charge is 0.0693 e. The van der Waals surface area contributed by atoms with Crippen LogP contribution in [0.15, 0.2) is 12.4 Å². The summed E-state index contributed by atoms with van der Waals surface area (Å²) >= 11 is 0. The van der Waals surface area contributed by atoms with Crippen LogP contribution in [0.2, 0.25) is 0 Å². The summed E-state index contributed by atoms with van der Waals surface area (Å²) in [5.41, 5.74) is 0. The van der Waals surface area contributed by atoms with E-state index in [4.69, 9.17) is 12.3 Å². The number of hydrogen-bond donors (Lipinski definition) is 1. The number of rotatable bonds is 1. The summed E-state index contributed by atoms with van der Waals surface area (Å²) in [7, 11) is 0. The Hall–Kier alpha value is -0.900. The van der Waals surface area contributed by atoms with Crippen LogP contribution < -0.4 is 5.32 Å². The summed E-state index contributed by atoms with van der Waals surface area (Å²) in [5.74, 6) is 0. The van der Waals surface area contributed by atoms with Gasteiger partial charge in [-0.3, -0.25) is 0 Å². The quantitative estimate of drug-likeness (QED) is 0.640. The highest BCUT2D eigenvalue weighted by Gasteiger charge is 2.14. The second-order valence-corrected chi connectivity index (χ2v) is 1.82. The molecule has 1 N–H and O–H groups in total. The van der Waals surface area contributed by atoms with E-state index in [0.29, 0.717) is 4.68 Å². The van der Waals surface area contributed by atoms with Gasteiger partial charge in [0.2, 0.25) is 0 Å². The normalized spacial score (nSPS) is 53.6. The van der Waals surface area contributed by atoms with Crippen molar-refractivity contribution in [1.82, 2.24) is 20.3 Å². The van der Waals surface area contributed by atoms with E-state index in [1.54, 1.807) is 5.32 Å². The molecule has 60 valence electrons. The summed E-state index contributed by atoms with van der Waals surface area (Å²) in [5, 5.41) is 8.40. The molecular formula is C7H12N4. The van der Waals surface area contributed by atoms with Gasteiger partial charge in [-0.05, 0) is 25.7 Å². The van der Waals surface area contributed by atoms with Crippen LogP contribution in [0.3, 0.4) is 0 Å². The van der Waals surface area contributed by atoms with Crippen molar-refractivity contribution in [2.24, 2.45) is 0 Å². The molecule has 0 saturated carbocycles. The monoisotopic (exact) mass is 161 g/mol. The highest BCUT2D eigenvalue weighted by atomic mass is 15.4. The molecule has 1 aromatic rings. The molecule has 0 amide bonds. The average Bonchev–Trinajstić information content (AvgIpc) is 2.77. The molecule has 11 heavy (non-hydrogen) atoms. The number of aromatic nitrogens is 3. The van der Waals surface area contributed by atoms with Crippen LogP contribution >= 0.6 is 0 Å². The lowest BCUT2D eigenvalue weighted by Crippen LogP contribution is -2.29. The molecular weight excluding hydrogens is 140 g/mol. The molecule has 0 aromatic carbocycles. The molecule has 1 aliphatic heterocycles. The van der Waals surface area contributed by atoms with Gasteiger partial charge >= 0.3 is 0 Å². The van der Waals surface area contributed by atoms with Gasteiger partial charge in [0, 0.05) is 17.2 Å². The zero-order valence-corrected chi connectivity index (χ0v) is 5.50. The minimum absolute atomic E-state index is 0.503. The molecule has 0 atom stereocenters. The first-order chi connectivity index (χ1) is 8.81. The van der Waals surface area contributed by atoms with Crippen molar-refractivity contribution in [2.75, 3.05) is 13.0 Å². The van der Waals surface area contributed by atoms with E-state index in [1.165, 1.54) is 0 Å². The third-order valence-electron chi connectivity index (χ3n) is 1.14. The molecule has 1 aromatic heterocycles. The van der Waals surface area contributed by atoms with Crippen LogP contribution in [0.5, 0.6) is 0 Å². The number of piperidine rings is 1. The van der Waals surface area contributed by atoms with E-state index in [9.17, 15) is 0 Å². The predicted molar refractivity (Wildman–Crippen MR) is 41.2 cm³/mol. The Morgan fingerprint density at radius 1 is 1.64 bits per heavy atom. The minimum atomic E-state index is -3.12. The highest BCUT2D eigenvalue weighted by molar-refractivity contribution is 4.76. The van der Waals surface area contributed by atoms with Gasteiger partial charge in [0.15, 0.2) is 0 Å². The summed E-state index contributed by atoms with van der Waals surface area (Å²) in [4.78, 5) is 0. The molecule has 4 nitrogen and oxygen atoms in total. The van der Waals surface area contributed by atoms with Gasteiger partial charge in [-0.15, -0.1) is 5.10 Å². The molecule has 2 heterocycles. The van der Waals surface area contributed by atoms with Crippen molar-refractivity contribution in [3.8, 4) is 0 Å². The van der Waals surface area contributed by atoms with Gasteiger partial charge in [-0.2, -0.15) is 0 Å². The van der Waals surface area contributed by atoms with Gasteiger partial charge in [-0.1, -0.05) is 5.21 Å². The Balaban J connectivity index is 2.77. The van der Waals surface area contributed by atoms with Crippen LogP contribution in [0.25, 0.3) is 0 Å². The number of nitrogens with zero attached hydrogens (tertiary/aromatic N) is 3. The topological polar surface area (TPSA) is 42.7 Å². The second-order valence-electron chi connectivity index (χ2n) is 1.82. The summed E-state index contributed by atoms with van der Waals surface area (Å²) in [6.45, 7) is -5.98. The fraction of sp³-hybridized carbons (Fsp3) is 0.714. The molecule has 1 aliphatic rings. The molecule has 0 unspecified atom stereocenters. The van der Waals surface area contributed by atoms with Crippen molar-refractivity contribution in [3.05, 3.63) is 12.4 Å². The Kier molecular flexibility index (Phi) is 0.565. The van der Waals surface area contributed by atoms with Crippen molar-refractivity contribution in [1.29, 1.82) is 0 Å². The minimum Gasteiger partial charge on any atom is -0.317 e. The highest BCUT2D eigenvalue weighted by Crippen LogP contribution is 2.15.